The van der Waals surface area contributed by atoms with Crippen molar-refractivity contribution in [3.63, 3.8) is 0 Å². The molecule has 2 heterocycles. The summed E-state index contributed by atoms with van der Waals surface area (Å²) in [6.45, 7) is 0. The number of thiophene rings is 1. The van der Waals surface area contributed by atoms with Crippen LogP contribution in [-0.4, -0.2) is 21.1 Å². The lowest BCUT2D eigenvalue weighted by atomic mass is 10.2. The average Bonchev–Trinajstić information content (AvgIpc) is 3.14. The third-order valence-corrected chi connectivity index (χ3v) is 5.62. The number of carbonyl (C=O) groups is 2. The van der Waals surface area contributed by atoms with Crippen molar-refractivity contribution in [2.45, 2.75) is 0 Å². The molecule has 0 radical (unpaired) electrons. The molecule has 1 fully saturated rings. The lowest BCUT2D eigenvalue weighted by Crippen LogP contribution is -2.44. The summed E-state index contributed by atoms with van der Waals surface area (Å²) in [6.07, 6.45) is 1.75. The Kier molecular flexibility index (Phi) is 4.96. The van der Waals surface area contributed by atoms with Crippen LogP contribution in [0.2, 0.25) is 0 Å². The second-order valence-corrected chi connectivity index (χ2v) is 8.03. The first-order valence-electron chi connectivity index (χ1n) is 6.42. The largest absolute Gasteiger partial charge is 0.285 e. The maximum Gasteiger partial charge on any atom is 0.285 e. The minimum atomic E-state index is -0.346. The number of nitrogens with one attached hydrogen (secondary N) is 1. The zero-order valence-electron chi connectivity index (χ0n) is 11.5. The van der Waals surface area contributed by atoms with Gasteiger partial charge in [0.2, 0.25) is 0 Å². The number of carbonyl (C=O) groups excluding carboxylic acids is 2. The number of hydrazine groups is 1. The van der Waals surface area contributed by atoms with Crippen molar-refractivity contribution in [1.29, 1.82) is 0 Å². The third-order valence-electron chi connectivity index (χ3n) is 2.92. The Morgan fingerprint density at radius 2 is 2.00 bits per heavy atom. The van der Waals surface area contributed by atoms with Crippen molar-refractivity contribution in [3.05, 3.63) is 61.6 Å². The Bertz CT molecular complexity index is 801. The molecule has 1 N–H and O–H groups in total. The maximum atomic E-state index is 12.4. The maximum absolute atomic E-state index is 12.4. The van der Waals surface area contributed by atoms with E-state index in [4.69, 9.17) is 12.2 Å². The van der Waals surface area contributed by atoms with Gasteiger partial charge in [-0.05, 0) is 47.4 Å². The molecule has 2 amide bonds. The molecular weight excluding hydrogens is 416 g/mol. The standard InChI is InChI=1S/C15H9BrN2O2S3/c16-10-5-3-9(4-6-10)8-12-14(20)18(15(21)23-12)17-13(19)11-2-1-7-22-11/h1-8H,(H,17,19)/b12-8+. The molecule has 2 aromatic rings. The molecule has 4 nitrogen and oxygen atoms in total. The van der Waals surface area contributed by atoms with Gasteiger partial charge in [-0.2, -0.15) is 5.01 Å². The molecule has 1 aliphatic rings. The van der Waals surface area contributed by atoms with Crippen molar-refractivity contribution in [2.24, 2.45) is 0 Å². The van der Waals surface area contributed by atoms with E-state index >= 15 is 0 Å². The Morgan fingerprint density at radius 1 is 1.26 bits per heavy atom. The Labute approximate surface area is 154 Å². The van der Waals surface area contributed by atoms with E-state index in [2.05, 4.69) is 21.4 Å². The summed E-state index contributed by atoms with van der Waals surface area (Å²) in [4.78, 5) is 25.5. The fourth-order valence-electron chi connectivity index (χ4n) is 1.84. The first kappa shape index (κ1) is 16.4. The van der Waals surface area contributed by atoms with Gasteiger partial charge < -0.3 is 0 Å². The van der Waals surface area contributed by atoms with Gasteiger partial charge in [0.15, 0.2) is 4.32 Å². The fraction of sp³-hybridized carbons (Fsp3) is 0. The van der Waals surface area contributed by atoms with E-state index in [1.54, 1.807) is 23.6 Å². The van der Waals surface area contributed by atoms with Crippen LogP contribution in [0.4, 0.5) is 0 Å². The van der Waals surface area contributed by atoms with Crippen LogP contribution >= 0.6 is 51.2 Å². The highest BCUT2D eigenvalue weighted by atomic mass is 79.9. The number of hydrogen-bond donors (Lipinski definition) is 1. The van der Waals surface area contributed by atoms with Gasteiger partial charge in [-0.15, -0.1) is 11.3 Å². The van der Waals surface area contributed by atoms with Crippen LogP contribution in [0.15, 0.2) is 51.2 Å². The fourth-order valence-corrected chi connectivity index (χ4v) is 3.90. The van der Waals surface area contributed by atoms with Gasteiger partial charge in [-0.25, -0.2) is 0 Å². The van der Waals surface area contributed by atoms with Gasteiger partial charge in [0, 0.05) is 4.47 Å². The van der Waals surface area contributed by atoms with Gasteiger partial charge in [0.05, 0.1) is 9.78 Å². The molecule has 116 valence electrons. The summed E-state index contributed by atoms with van der Waals surface area (Å²) < 4.78 is 1.27. The number of rotatable bonds is 3. The van der Waals surface area contributed by atoms with E-state index in [1.165, 1.54) is 23.1 Å². The second-order valence-electron chi connectivity index (χ2n) is 4.49. The summed E-state index contributed by atoms with van der Waals surface area (Å²) in [5.74, 6) is -0.672. The molecule has 0 spiro atoms. The van der Waals surface area contributed by atoms with Crippen molar-refractivity contribution in [1.82, 2.24) is 10.4 Å². The minimum Gasteiger partial charge on any atom is -0.266 e. The average molecular weight is 425 g/mol. The highest BCUT2D eigenvalue weighted by molar-refractivity contribution is 9.10. The summed E-state index contributed by atoms with van der Waals surface area (Å²) in [5, 5.41) is 2.92. The van der Waals surface area contributed by atoms with Crippen LogP contribution in [0.5, 0.6) is 0 Å². The number of hydrogen-bond acceptors (Lipinski definition) is 5. The molecule has 0 saturated carbocycles. The molecule has 0 aliphatic carbocycles. The number of amides is 2. The molecule has 8 heteroatoms. The van der Waals surface area contributed by atoms with Crippen molar-refractivity contribution < 1.29 is 9.59 Å². The lowest BCUT2D eigenvalue weighted by molar-refractivity contribution is -0.123. The number of benzene rings is 1. The highest BCUT2D eigenvalue weighted by Crippen LogP contribution is 2.31. The zero-order valence-corrected chi connectivity index (χ0v) is 15.5. The summed E-state index contributed by atoms with van der Waals surface area (Å²) in [7, 11) is 0. The van der Waals surface area contributed by atoms with Gasteiger partial charge in [0.25, 0.3) is 11.8 Å². The molecule has 0 atom stereocenters. The van der Waals surface area contributed by atoms with Gasteiger partial charge >= 0.3 is 0 Å². The molecule has 1 aromatic heterocycles. The first-order chi connectivity index (χ1) is 11.0. The number of nitrogens with zero attached hydrogens (tertiary/aromatic N) is 1. The van der Waals surface area contributed by atoms with E-state index in [0.717, 1.165) is 15.0 Å². The van der Waals surface area contributed by atoms with Crippen molar-refractivity contribution >= 4 is 73.5 Å². The van der Waals surface area contributed by atoms with Gasteiger partial charge in [0.1, 0.15) is 0 Å². The number of thioether (sulfide) groups is 1. The van der Waals surface area contributed by atoms with Gasteiger partial charge in [-0.1, -0.05) is 45.9 Å². The number of thiocarbonyl (C=S) groups is 1. The smallest absolute Gasteiger partial charge is 0.266 e. The van der Waals surface area contributed by atoms with E-state index in [0.29, 0.717) is 14.1 Å². The molecule has 1 aliphatic heterocycles. The summed E-state index contributed by atoms with van der Waals surface area (Å²) in [5.41, 5.74) is 3.44. The van der Waals surface area contributed by atoms with Crippen LogP contribution in [0.25, 0.3) is 6.08 Å². The van der Waals surface area contributed by atoms with Crippen LogP contribution in [0.3, 0.4) is 0 Å². The minimum absolute atomic E-state index is 0.309. The Hall–Kier alpha value is -1.48. The SMILES string of the molecule is O=C(NN1C(=O)/C(=C\c2ccc(Br)cc2)SC1=S)c1cccs1. The molecule has 0 unspecified atom stereocenters. The van der Waals surface area contributed by atoms with Gasteiger partial charge in [-0.3, -0.25) is 15.0 Å². The second kappa shape index (κ2) is 6.96. The quantitative estimate of drug-likeness (QED) is 0.596. The third kappa shape index (κ3) is 3.72. The molecule has 23 heavy (non-hydrogen) atoms. The van der Waals surface area contributed by atoms with Crippen LogP contribution < -0.4 is 5.43 Å². The zero-order chi connectivity index (χ0) is 16.4. The van der Waals surface area contributed by atoms with E-state index in [-0.39, 0.29) is 11.8 Å². The van der Waals surface area contributed by atoms with Crippen LogP contribution in [0, 0.1) is 0 Å². The van der Waals surface area contributed by atoms with Crippen LogP contribution in [-0.2, 0) is 4.79 Å². The topological polar surface area (TPSA) is 49.4 Å². The predicted octanol–water partition coefficient (Wildman–Crippen LogP) is 4.06. The van der Waals surface area contributed by atoms with E-state index in [9.17, 15) is 9.59 Å². The first-order valence-corrected chi connectivity index (χ1v) is 9.32. The molecule has 1 aromatic carbocycles. The number of halogens is 1. The molecular formula is C15H9BrN2O2S3. The lowest BCUT2D eigenvalue weighted by Gasteiger charge is -2.14. The normalized spacial score (nSPS) is 16.2. The predicted molar refractivity (Wildman–Crippen MR) is 101 cm³/mol. The highest BCUT2D eigenvalue weighted by Gasteiger charge is 2.33. The van der Waals surface area contributed by atoms with Crippen molar-refractivity contribution in [2.75, 3.05) is 0 Å². The Balaban J connectivity index is 1.77. The summed E-state index contributed by atoms with van der Waals surface area (Å²) >= 11 is 11.0. The monoisotopic (exact) mass is 424 g/mol. The van der Waals surface area contributed by atoms with Crippen LogP contribution in [0.1, 0.15) is 15.2 Å². The molecule has 1 saturated heterocycles. The Morgan fingerprint density at radius 3 is 2.65 bits per heavy atom. The summed E-state index contributed by atoms with van der Waals surface area (Å²) in [6, 6.07) is 11.0. The van der Waals surface area contributed by atoms with E-state index in [1.807, 2.05) is 24.3 Å². The van der Waals surface area contributed by atoms with Crippen molar-refractivity contribution in [3.8, 4) is 0 Å². The molecule has 0 bridgehead atoms. The van der Waals surface area contributed by atoms with E-state index < -0.39 is 0 Å². The molecule has 3 rings (SSSR count).